The molecule has 2 nitrogen and oxygen atoms in total. The lowest BCUT2D eigenvalue weighted by molar-refractivity contribution is -0.204. The molecule has 4 rings (SSSR count). The zero-order valence-corrected chi connectivity index (χ0v) is 14.1. The first-order valence-electron chi connectivity index (χ1n) is 8.69. The van der Waals surface area contributed by atoms with Crippen LogP contribution in [0.1, 0.15) is 66.2 Å². The van der Waals surface area contributed by atoms with Gasteiger partial charge in [0.15, 0.2) is 0 Å². The van der Waals surface area contributed by atoms with Gasteiger partial charge in [-0.2, -0.15) is 0 Å². The second-order valence-corrected chi connectivity index (χ2v) is 8.50. The summed E-state index contributed by atoms with van der Waals surface area (Å²) in [6.07, 6.45) is 7.17. The maximum atomic E-state index is 12.7. The molecule has 0 aromatic rings. The van der Waals surface area contributed by atoms with Crippen LogP contribution in [0.5, 0.6) is 0 Å². The van der Waals surface area contributed by atoms with Crippen molar-refractivity contribution in [3.05, 3.63) is 12.2 Å². The summed E-state index contributed by atoms with van der Waals surface area (Å²) in [5.74, 6) is 2.75. The number of carbonyl (C=O) groups excluding carboxylic acids is 1. The maximum Gasteiger partial charge on any atom is 0.312 e. The molecule has 0 aromatic heterocycles. The van der Waals surface area contributed by atoms with E-state index in [-0.39, 0.29) is 11.6 Å². The van der Waals surface area contributed by atoms with Crippen LogP contribution in [0.25, 0.3) is 0 Å². The molecule has 0 heterocycles. The maximum absolute atomic E-state index is 12.7. The van der Waals surface area contributed by atoms with E-state index in [9.17, 15) is 4.79 Å². The van der Waals surface area contributed by atoms with Crippen molar-refractivity contribution in [1.29, 1.82) is 0 Å². The monoisotopic (exact) mass is 290 g/mol. The molecule has 0 unspecified atom stereocenters. The third-order valence-corrected chi connectivity index (χ3v) is 6.72. The van der Waals surface area contributed by atoms with E-state index in [0.29, 0.717) is 11.8 Å². The average Bonchev–Trinajstić information content (AvgIpc) is 2.41. The van der Waals surface area contributed by atoms with E-state index >= 15 is 0 Å². The molecule has 4 saturated carbocycles. The summed E-state index contributed by atoms with van der Waals surface area (Å²) in [4.78, 5) is 12.7. The summed E-state index contributed by atoms with van der Waals surface area (Å²) in [5.41, 5.74) is 0.324. The van der Waals surface area contributed by atoms with Crippen molar-refractivity contribution < 1.29 is 9.53 Å². The number of hydrogen-bond donors (Lipinski definition) is 0. The van der Waals surface area contributed by atoms with E-state index in [2.05, 4.69) is 20.4 Å². The Morgan fingerprint density at radius 1 is 1.14 bits per heavy atom. The van der Waals surface area contributed by atoms with E-state index in [0.717, 1.165) is 23.8 Å². The Morgan fingerprint density at radius 3 is 2.00 bits per heavy atom. The molecule has 0 aliphatic heterocycles. The Labute approximate surface area is 129 Å². The lowest BCUT2D eigenvalue weighted by Gasteiger charge is -2.60. The molecule has 118 valence electrons. The lowest BCUT2D eigenvalue weighted by Crippen LogP contribution is -2.60. The van der Waals surface area contributed by atoms with Crippen molar-refractivity contribution in [2.45, 2.75) is 71.8 Å². The fourth-order valence-corrected chi connectivity index (χ4v) is 5.27. The highest BCUT2D eigenvalue weighted by molar-refractivity contribution is 5.76. The molecule has 4 aliphatic rings. The van der Waals surface area contributed by atoms with Gasteiger partial charge in [0.2, 0.25) is 0 Å². The molecule has 0 amide bonds. The van der Waals surface area contributed by atoms with Crippen molar-refractivity contribution in [1.82, 2.24) is 0 Å². The van der Waals surface area contributed by atoms with E-state index in [1.807, 2.05) is 13.8 Å². The predicted octanol–water partition coefficient (Wildman–Crippen LogP) is 4.74. The summed E-state index contributed by atoms with van der Waals surface area (Å²) in [5, 5.41) is 0. The summed E-state index contributed by atoms with van der Waals surface area (Å²) >= 11 is 0. The molecule has 0 aromatic carbocycles. The normalized spacial score (nSPS) is 41.1. The Hall–Kier alpha value is -0.790. The average molecular weight is 290 g/mol. The van der Waals surface area contributed by atoms with Gasteiger partial charge in [-0.15, -0.1) is 0 Å². The van der Waals surface area contributed by atoms with Gasteiger partial charge in [0, 0.05) is 11.8 Å². The Morgan fingerprint density at radius 2 is 1.62 bits per heavy atom. The van der Waals surface area contributed by atoms with E-state index < -0.39 is 5.41 Å². The zero-order valence-electron chi connectivity index (χ0n) is 14.1. The second kappa shape index (κ2) is 4.86. The molecule has 0 N–H and O–H groups in total. The lowest BCUT2D eigenvalue weighted by atomic mass is 9.48. The first-order chi connectivity index (χ1) is 9.79. The first kappa shape index (κ1) is 15.1. The van der Waals surface area contributed by atoms with Crippen molar-refractivity contribution in [3.8, 4) is 0 Å². The highest BCUT2D eigenvalue weighted by Gasteiger charge is 2.60. The van der Waals surface area contributed by atoms with Crippen LogP contribution in [-0.2, 0) is 9.53 Å². The van der Waals surface area contributed by atoms with Crippen LogP contribution in [0.15, 0.2) is 12.2 Å². The highest BCUT2D eigenvalue weighted by atomic mass is 16.6. The molecule has 0 saturated heterocycles. The van der Waals surface area contributed by atoms with Gasteiger partial charge in [-0.05, 0) is 76.7 Å². The largest absolute Gasteiger partial charge is 0.454 e. The Balaban J connectivity index is 1.91. The molecule has 0 atom stereocenters. The van der Waals surface area contributed by atoms with Crippen LogP contribution in [0.3, 0.4) is 0 Å². The van der Waals surface area contributed by atoms with Gasteiger partial charge in [-0.1, -0.05) is 13.5 Å². The van der Waals surface area contributed by atoms with Gasteiger partial charge in [-0.3, -0.25) is 4.79 Å². The van der Waals surface area contributed by atoms with Gasteiger partial charge in [0.1, 0.15) is 5.60 Å². The molecular formula is C19H30O2. The predicted molar refractivity (Wildman–Crippen MR) is 84.8 cm³/mol. The Kier molecular flexibility index (Phi) is 3.50. The topological polar surface area (TPSA) is 26.3 Å². The van der Waals surface area contributed by atoms with Crippen molar-refractivity contribution in [2.75, 3.05) is 0 Å². The van der Waals surface area contributed by atoms with Gasteiger partial charge < -0.3 is 4.74 Å². The van der Waals surface area contributed by atoms with Gasteiger partial charge in [-0.25, -0.2) is 0 Å². The fraction of sp³-hybridized carbons (Fsp3) is 0.842. The van der Waals surface area contributed by atoms with Crippen LogP contribution < -0.4 is 0 Å². The molecule has 4 aliphatic carbocycles. The molecule has 0 spiro atoms. The third kappa shape index (κ3) is 2.17. The Bertz CT molecular complexity index is 432. The highest BCUT2D eigenvalue weighted by Crippen LogP contribution is 2.61. The minimum atomic E-state index is -0.392. The van der Waals surface area contributed by atoms with Crippen molar-refractivity contribution in [3.63, 3.8) is 0 Å². The number of esters is 1. The summed E-state index contributed by atoms with van der Waals surface area (Å²) < 4.78 is 6.29. The van der Waals surface area contributed by atoms with Gasteiger partial charge in [0.25, 0.3) is 0 Å². The molecule has 4 fully saturated rings. The SMILES string of the molecule is C=C(C)C1(OC(=O)C(C)(C)CC)C2CC3CC(C2)CC1C3. The number of rotatable bonds is 4. The third-order valence-electron chi connectivity index (χ3n) is 6.72. The van der Waals surface area contributed by atoms with E-state index in [1.54, 1.807) is 0 Å². The first-order valence-corrected chi connectivity index (χ1v) is 8.69. The molecular weight excluding hydrogens is 260 g/mol. The number of ether oxygens (including phenoxy) is 1. The summed E-state index contributed by atoms with van der Waals surface area (Å²) in [7, 11) is 0. The summed E-state index contributed by atoms with van der Waals surface area (Å²) in [6.45, 7) is 12.4. The van der Waals surface area contributed by atoms with Crippen LogP contribution in [0.4, 0.5) is 0 Å². The zero-order chi connectivity index (χ0) is 15.4. The van der Waals surface area contributed by atoms with Crippen LogP contribution >= 0.6 is 0 Å². The number of carbonyl (C=O) groups is 1. The van der Waals surface area contributed by atoms with Crippen LogP contribution in [0, 0.1) is 29.1 Å². The standard InChI is InChI=1S/C19H30O2/c1-6-18(4,5)17(20)21-19(12(2)3)15-8-13-7-14(10-15)11-16(19)9-13/h13-16H,2,6-11H2,1,3-5H3. The van der Waals surface area contributed by atoms with Gasteiger partial charge >= 0.3 is 5.97 Å². The van der Waals surface area contributed by atoms with E-state index in [1.165, 1.54) is 32.1 Å². The molecule has 2 heteroatoms. The minimum Gasteiger partial charge on any atom is -0.454 e. The van der Waals surface area contributed by atoms with E-state index in [4.69, 9.17) is 4.74 Å². The van der Waals surface area contributed by atoms with Crippen molar-refractivity contribution in [2.24, 2.45) is 29.1 Å². The second-order valence-electron chi connectivity index (χ2n) is 8.50. The molecule has 0 radical (unpaired) electrons. The fourth-order valence-electron chi connectivity index (χ4n) is 5.27. The molecule has 21 heavy (non-hydrogen) atoms. The smallest absolute Gasteiger partial charge is 0.312 e. The van der Waals surface area contributed by atoms with Crippen LogP contribution in [0.2, 0.25) is 0 Å². The van der Waals surface area contributed by atoms with Crippen LogP contribution in [-0.4, -0.2) is 11.6 Å². The number of hydrogen-bond acceptors (Lipinski definition) is 2. The van der Waals surface area contributed by atoms with Gasteiger partial charge in [0.05, 0.1) is 5.41 Å². The molecule has 4 bridgehead atoms. The quantitative estimate of drug-likeness (QED) is 0.552. The van der Waals surface area contributed by atoms with Crippen molar-refractivity contribution >= 4 is 5.97 Å². The summed E-state index contributed by atoms with van der Waals surface area (Å²) in [6, 6.07) is 0. The minimum absolute atomic E-state index is 0.0273.